The molecular formula is C17H24FN3O2. The number of rotatable bonds is 3. The minimum absolute atomic E-state index is 0.133. The predicted octanol–water partition coefficient (Wildman–Crippen LogP) is 0.835. The maximum Gasteiger partial charge on any atom is 0.241 e. The molecule has 6 heteroatoms. The molecule has 0 aromatic heterocycles. The molecule has 0 unspecified atom stereocenters. The third-order valence-corrected chi connectivity index (χ3v) is 4.85. The molecule has 5 nitrogen and oxygen atoms in total. The summed E-state index contributed by atoms with van der Waals surface area (Å²) in [5.41, 5.74) is 0.949. The lowest BCUT2D eigenvalue weighted by molar-refractivity contribution is -0.135. The van der Waals surface area contributed by atoms with Gasteiger partial charge in [-0.2, -0.15) is 0 Å². The Balaban J connectivity index is 1.59. The molecule has 3 rings (SSSR count). The van der Waals surface area contributed by atoms with E-state index >= 15 is 0 Å². The SMILES string of the molecule is O=C([C@@H]1CN(c2ccc(F)cc2)CCN1)N1CCC(CO)CC1. The summed E-state index contributed by atoms with van der Waals surface area (Å²) in [6, 6.07) is 6.20. The highest BCUT2D eigenvalue weighted by Gasteiger charge is 2.31. The summed E-state index contributed by atoms with van der Waals surface area (Å²) in [6.07, 6.45) is 1.74. The van der Waals surface area contributed by atoms with Crippen LogP contribution in [0, 0.1) is 11.7 Å². The van der Waals surface area contributed by atoms with Gasteiger partial charge in [0.25, 0.3) is 0 Å². The van der Waals surface area contributed by atoms with Crippen LogP contribution in [0.5, 0.6) is 0 Å². The lowest BCUT2D eigenvalue weighted by Crippen LogP contribution is -2.58. The fraction of sp³-hybridized carbons (Fsp3) is 0.588. The van der Waals surface area contributed by atoms with Gasteiger partial charge in [0.2, 0.25) is 5.91 Å². The average molecular weight is 321 g/mol. The fourth-order valence-corrected chi connectivity index (χ4v) is 3.36. The van der Waals surface area contributed by atoms with Crippen molar-refractivity contribution >= 4 is 11.6 Å². The summed E-state index contributed by atoms with van der Waals surface area (Å²) in [5, 5.41) is 12.5. The quantitative estimate of drug-likeness (QED) is 0.866. The monoisotopic (exact) mass is 321 g/mol. The first-order chi connectivity index (χ1) is 11.2. The van der Waals surface area contributed by atoms with E-state index in [2.05, 4.69) is 10.2 Å². The van der Waals surface area contributed by atoms with Gasteiger partial charge in [-0.15, -0.1) is 0 Å². The highest BCUT2D eigenvalue weighted by Crippen LogP contribution is 2.20. The summed E-state index contributed by atoms with van der Waals surface area (Å²) in [7, 11) is 0. The number of likely N-dealkylation sites (tertiary alicyclic amines) is 1. The Labute approximate surface area is 136 Å². The van der Waals surface area contributed by atoms with Crippen LogP contribution in [0.25, 0.3) is 0 Å². The van der Waals surface area contributed by atoms with Crippen molar-refractivity contribution in [2.24, 2.45) is 5.92 Å². The molecule has 1 aromatic carbocycles. The van der Waals surface area contributed by atoms with Crippen LogP contribution >= 0.6 is 0 Å². The smallest absolute Gasteiger partial charge is 0.241 e. The normalized spacial score (nSPS) is 23.1. The first kappa shape index (κ1) is 16.2. The van der Waals surface area contributed by atoms with E-state index in [4.69, 9.17) is 0 Å². The van der Waals surface area contributed by atoms with Crippen LogP contribution in [-0.4, -0.2) is 61.3 Å². The van der Waals surface area contributed by atoms with Gasteiger partial charge in [0.05, 0.1) is 0 Å². The van der Waals surface area contributed by atoms with E-state index in [1.54, 1.807) is 12.1 Å². The molecule has 2 heterocycles. The van der Waals surface area contributed by atoms with E-state index in [1.165, 1.54) is 12.1 Å². The van der Waals surface area contributed by atoms with Gasteiger partial charge in [0, 0.05) is 45.0 Å². The molecule has 1 aromatic rings. The van der Waals surface area contributed by atoms with E-state index < -0.39 is 0 Å². The molecule has 2 N–H and O–H groups in total. The zero-order valence-corrected chi connectivity index (χ0v) is 13.2. The number of hydrogen-bond donors (Lipinski definition) is 2. The van der Waals surface area contributed by atoms with Gasteiger partial charge in [-0.25, -0.2) is 4.39 Å². The van der Waals surface area contributed by atoms with Crippen LogP contribution in [0.2, 0.25) is 0 Å². The van der Waals surface area contributed by atoms with Crippen molar-refractivity contribution in [1.29, 1.82) is 0 Å². The average Bonchev–Trinajstić information content (AvgIpc) is 2.62. The largest absolute Gasteiger partial charge is 0.396 e. The first-order valence-corrected chi connectivity index (χ1v) is 8.31. The van der Waals surface area contributed by atoms with E-state index in [-0.39, 0.29) is 24.4 Å². The zero-order valence-electron chi connectivity index (χ0n) is 13.2. The number of nitrogens with one attached hydrogen (secondary N) is 1. The minimum Gasteiger partial charge on any atom is -0.396 e. The van der Waals surface area contributed by atoms with Crippen molar-refractivity contribution in [3.05, 3.63) is 30.1 Å². The molecule has 0 radical (unpaired) electrons. The van der Waals surface area contributed by atoms with Crippen molar-refractivity contribution in [2.45, 2.75) is 18.9 Å². The van der Waals surface area contributed by atoms with E-state index in [0.29, 0.717) is 12.5 Å². The van der Waals surface area contributed by atoms with Crippen LogP contribution in [0.3, 0.4) is 0 Å². The highest BCUT2D eigenvalue weighted by atomic mass is 19.1. The number of aliphatic hydroxyl groups is 1. The van der Waals surface area contributed by atoms with Crippen molar-refractivity contribution in [3.8, 4) is 0 Å². The number of carbonyl (C=O) groups excluding carboxylic acids is 1. The molecule has 1 amide bonds. The second kappa shape index (κ2) is 7.27. The van der Waals surface area contributed by atoms with Crippen LogP contribution in [0.4, 0.5) is 10.1 Å². The summed E-state index contributed by atoms with van der Waals surface area (Å²) in [5.74, 6) is 0.213. The summed E-state index contributed by atoms with van der Waals surface area (Å²) in [4.78, 5) is 16.7. The Hall–Kier alpha value is -1.66. The molecule has 2 aliphatic heterocycles. The van der Waals surface area contributed by atoms with Gasteiger partial charge < -0.3 is 20.2 Å². The van der Waals surface area contributed by atoms with Crippen molar-refractivity contribution in [1.82, 2.24) is 10.2 Å². The third-order valence-electron chi connectivity index (χ3n) is 4.85. The number of piperidine rings is 1. The summed E-state index contributed by atoms with van der Waals surface area (Å²) in [6.45, 7) is 3.80. The van der Waals surface area contributed by atoms with Crippen LogP contribution in [0.1, 0.15) is 12.8 Å². The maximum atomic E-state index is 13.1. The number of amides is 1. The number of carbonyl (C=O) groups is 1. The van der Waals surface area contributed by atoms with Crippen molar-refractivity contribution in [2.75, 3.05) is 44.2 Å². The second-order valence-corrected chi connectivity index (χ2v) is 6.38. The van der Waals surface area contributed by atoms with Gasteiger partial charge in [-0.1, -0.05) is 0 Å². The van der Waals surface area contributed by atoms with E-state index in [1.807, 2.05) is 4.90 Å². The molecule has 0 spiro atoms. The molecular weight excluding hydrogens is 297 g/mol. The van der Waals surface area contributed by atoms with Crippen LogP contribution in [0.15, 0.2) is 24.3 Å². The van der Waals surface area contributed by atoms with Crippen LogP contribution < -0.4 is 10.2 Å². The second-order valence-electron chi connectivity index (χ2n) is 6.38. The van der Waals surface area contributed by atoms with Gasteiger partial charge in [0.15, 0.2) is 0 Å². The highest BCUT2D eigenvalue weighted by molar-refractivity contribution is 5.83. The molecule has 126 valence electrons. The Kier molecular flexibility index (Phi) is 5.13. The number of hydrogen-bond acceptors (Lipinski definition) is 4. The number of halogens is 1. The van der Waals surface area contributed by atoms with Gasteiger partial charge in [0.1, 0.15) is 11.9 Å². The first-order valence-electron chi connectivity index (χ1n) is 8.31. The Morgan fingerprint density at radius 3 is 2.57 bits per heavy atom. The molecule has 2 saturated heterocycles. The van der Waals surface area contributed by atoms with Crippen LogP contribution in [-0.2, 0) is 4.79 Å². The molecule has 2 aliphatic rings. The molecule has 0 bridgehead atoms. The van der Waals surface area contributed by atoms with E-state index in [9.17, 15) is 14.3 Å². The summed E-state index contributed by atoms with van der Waals surface area (Å²) >= 11 is 0. The Morgan fingerprint density at radius 1 is 1.22 bits per heavy atom. The number of nitrogens with zero attached hydrogens (tertiary/aromatic N) is 2. The topological polar surface area (TPSA) is 55.8 Å². The zero-order chi connectivity index (χ0) is 16.2. The molecule has 2 fully saturated rings. The molecule has 23 heavy (non-hydrogen) atoms. The summed E-state index contributed by atoms with van der Waals surface area (Å²) < 4.78 is 13.1. The number of piperazine rings is 1. The number of anilines is 1. The number of aliphatic hydroxyl groups excluding tert-OH is 1. The van der Waals surface area contributed by atoms with Crippen molar-refractivity contribution < 1.29 is 14.3 Å². The Morgan fingerprint density at radius 2 is 1.91 bits per heavy atom. The fourth-order valence-electron chi connectivity index (χ4n) is 3.36. The predicted molar refractivity (Wildman–Crippen MR) is 86.8 cm³/mol. The minimum atomic E-state index is -0.247. The molecule has 1 atom stereocenters. The molecule has 0 aliphatic carbocycles. The van der Waals surface area contributed by atoms with Gasteiger partial charge in [-0.3, -0.25) is 4.79 Å². The maximum absolute atomic E-state index is 13.1. The third kappa shape index (κ3) is 3.82. The lowest BCUT2D eigenvalue weighted by Gasteiger charge is -2.38. The lowest BCUT2D eigenvalue weighted by atomic mass is 9.97. The van der Waals surface area contributed by atoms with Gasteiger partial charge >= 0.3 is 0 Å². The number of benzene rings is 1. The van der Waals surface area contributed by atoms with Crippen molar-refractivity contribution in [3.63, 3.8) is 0 Å². The Bertz CT molecular complexity index is 529. The standard InChI is InChI=1S/C17H24FN3O2/c18-14-1-3-15(4-2-14)21-10-7-19-16(11-21)17(23)20-8-5-13(12-22)6-9-20/h1-4,13,16,19,22H,5-12H2/t16-/m0/s1. The van der Waals surface area contributed by atoms with Gasteiger partial charge in [-0.05, 0) is 43.0 Å². The molecule has 0 saturated carbocycles. The van der Waals surface area contributed by atoms with E-state index in [0.717, 1.165) is 44.7 Å².